The van der Waals surface area contributed by atoms with Gasteiger partial charge in [-0.25, -0.2) is 4.79 Å². The number of carbonyl (C=O) groups excluding carboxylic acids is 1. The number of hydrogen-bond donors (Lipinski definition) is 2. The van der Waals surface area contributed by atoms with E-state index in [1.807, 2.05) is 6.92 Å². The van der Waals surface area contributed by atoms with Crippen LogP contribution < -0.4 is 15.4 Å². The number of carbonyl (C=O) groups is 1. The predicted octanol–water partition coefficient (Wildman–Crippen LogP) is 3.97. The van der Waals surface area contributed by atoms with Crippen molar-refractivity contribution in [2.45, 2.75) is 33.1 Å². The highest BCUT2D eigenvalue weighted by molar-refractivity contribution is 6.31. The molecule has 0 heterocycles. The Labute approximate surface area is 119 Å². The van der Waals surface area contributed by atoms with Crippen LogP contribution in [0.1, 0.15) is 31.7 Å². The first-order chi connectivity index (χ1) is 9.08. The molecule has 106 valence electrons. The van der Waals surface area contributed by atoms with Crippen LogP contribution >= 0.6 is 11.6 Å². The molecular weight excluding hydrogens is 264 g/mol. The van der Waals surface area contributed by atoms with Crippen LogP contribution in [0, 0.1) is 6.92 Å². The van der Waals surface area contributed by atoms with E-state index in [1.54, 1.807) is 19.2 Å². The molecule has 1 aromatic rings. The summed E-state index contributed by atoms with van der Waals surface area (Å²) in [6, 6.07) is 3.27. The normalized spacial score (nSPS) is 10.1. The van der Waals surface area contributed by atoms with Crippen LogP contribution in [0.3, 0.4) is 0 Å². The minimum Gasteiger partial charge on any atom is -0.495 e. The van der Waals surface area contributed by atoms with E-state index in [1.165, 1.54) is 0 Å². The van der Waals surface area contributed by atoms with Gasteiger partial charge in [-0.3, -0.25) is 0 Å². The SMILES string of the molecule is CCCCCNC(=O)Nc1cc(C)c(Cl)cc1OC. The number of amides is 2. The molecule has 0 aromatic heterocycles. The molecule has 0 aliphatic carbocycles. The topological polar surface area (TPSA) is 50.4 Å². The summed E-state index contributed by atoms with van der Waals surface area (Å²) in [7, 11) is 1.55. The first kappa shape index (κ1) is 15.6. The summed E-state index contributed by atoms with van der Waals surface area (Å²) in [5.41, 5.74) is 1.51. The summed E-state index contributed by atoms with van der Waals surface area (Å²) < 4.78 is 5.20. The average molecular weight is 285 g/mol. The van der Waals surface area contributed by atoms with Crippen molar-refractivity contribution in [2.75, 3.05) is 19.0 Å². The van der Waals surface area contributed by atoms with Crippen LogP contribution in [0.5, 0.6) is 5.75 Å². The van der Waals surface area contributed by atoms with Crippen molar-refractivity contribution in [3.8, 4) is 5.75 Å². The molecule has 0 bridgehead atoms. The Balaban J connectivity index is 2.60. The number of urea groups is 1. The Kier molecular flexibility index (Phi) is 6.50. The molecule has 0 saturated heterocycles. The number of halogens is 1. The van der Waals surface area contributed by atoms with E-state index in [9.17, 15) is 4.79 Å². The second-order valence-electron chi connectivity index (χ2n) is 4.39. The summed E-state index contributed by atoms with van der Waals surface area (Å²) >= 11 is 6.01. The first-order valence-corrected chi connectivity index (χ1v) is 6.85. The molecule has 0 atom stereocenters. The number of ether oxygens (including phenoxy) is 1. The molecule has 2 N–H and O–H groups in total. The van der Waals surface area contributed by atoms with Crippen molar-refractivity contribution in [1.29, 1.82) is 0 Å². The molecule has 1 rings (SSSR count). The highest BCUT2D eigenvalue weighted by atomic mass is 35.5. The summed E-state index contributed by atoms with van der Waals surface area (Å²) in [5.74, 6) is 0.555. The fraction of sp³-hybridized carbons (Fsp3) is 0.500. The fourth-order valence-corrected chi connectivity index (χ4v) is 1.83. The number of anilines is 1. The van der Waals surface area contributed by atoms with Gasteiger partial charge in [0.15, 0.2) is 0 Å². The lowest BCUT2D eigenvalue weighted by Crippen LogP contribution is -2.29. The zero-order valence-corrected chi connectivity index (χ0v) is 12.4. The van der Waals surface area contributed by atoms with Crippen molar-refractivity contribution in [1.82, 2.24) is 5.32 Å². The maximum absolute atomic E-state index is 11.7. The molecular formula is C14H21ClN2O2. The van der Waals surface area contributed by atoms with Gasteiger partial charge in [0.1, 0.15) is 5.75 Å². The number of aryl methyl sites for hydroxylation is 1. The van der Waals surface area contributed by atoms with Gasteiger partial charge >= 0.3 is 6.03 Å². The zero-order chi connectivity index (χ0) is 14.3. The zero-order valence-electron chi connectivity index (χ0n) is 11.7. The van der Waals surface area contributed by atoms with Gasteiger partial charge in [0, 0.05) is 17.6 Å². The molecule has 0 fully saturated rings. The maximum Gasteiger partial charge on any atom is 0.319 e. The molecule has 19 heavy (non-hydrogen) atoms. The van der Waals surface area contributed by atoms with Crippen LogP contribution in [-0.4, -0.2) is 19.7 Å². The van der Waals surface area contributed by atoms with E-state index in [4.69, 9.17) is 16.3 Å². The predicted molar refractivity (Wildman–Crippen MR) is 79.3 cm³/mol. The summed E-state index contributed by atoms with van der Waals surface area (Å²) in [5, 5.41) is 6.20. The Hall–Kier alpha value is -1.42. The number of unbranched alkanes of at least 4 members (excludes halogenated alkanes) is 2. The van der Waals surface area contributed by atoms with E-state index in [2.05, 4.69) is 17.6 Å². The maximum atomic E-state index is 11.7. The van der Waals surface area contributed by atoms with E-state index in [0.29, 0.717) is 23.0 Å². The molecule has 4 nitrogen and oxygen atoms in total. The Morgan fingerprint density at radius 3 is 2.74 bits per heavy atom. The summed E-state index contributed by atoms with van der Waals surface area (Å²) in [4.78, 5) is 11.7. The van der Waals surface area contributed by atoms with Gasteiger partial charge in [-0.15, -0.1) is 0 Å². The minimum absolute atomic E-state index is 0.226. The van der Waals surface area contributed by atoms with E-state index < -0.39 is 0 Å². The van der Waals surface area contributed by atoms with Crippen molar-refractivity contribution < 1.29 is 9.53 Å². The van der Waals surface area contributed by atoms with Crippen molar-refractivity contribution in [3.63, 3.8) is 0 Å². The van der Waals surface area contributed by atoms with Gasteiger partial charge in [-0.2, -0.15) is 0 Å². The quantitative estimate of drug-likeness (QED) is 0.777. The third-order valence-corrected chi connectivity index (χ3v) is 3.20. The van der Waals surface area contributed by atoms with Gasteiger partial charge in [0.25, 0.3) is 0 Å². The smallest absolute Gasteiger partial charge is 0.319 e. The van der Waals surface area contributed by atoms with Gasteiger partial charge < -0.3 is 15.4 Å². The van der Waals surface area contributed by atoms with Gasteiger partial charge in [0.05, 0.1) is 12.8 Å². The second-order valence-corrected chi connectivity index (χ2v) is 4.80. The van der Waals surface area contributed by atoms with Gasteiger partial charge in [0.2, 0.25) is 0 Å². The Morgan fingerprint density at radius 2 is 2.11 bits per heavy atom. The molecule has 0 saturated carbocycles. The van der Waals surface area contributed by atoms with Crippen molar-refractivity contribution >= 4 is 23.3 Å². The van der Waals surface area contributed by atoms with Crippen LogP contribution in [0.2, 0.25) is 5.02 Å². The molecule has 0 aliphatic heterocycles. The molecule has 0 radical (unpaired) electrons. The van der Waals surface area contributed by atoms with Crippen molar-refractivity contribution in [3.05, 3.63) is 22.7 Å². The lowest BCUT2D eigenvalue weighted by atomic mass is 10.2. The fourth-order valence-electron chi connectivity index (χ4n) is 1.67. The van der Waals surface area contributed by atoms with E-state index >= 15 is 0 Å². The number of benzene rings is 1. The highest BCUT2D eigenvalue weighted by Gasteiger charge is 2.09. The van der Waals surface area contributed by atoms with Gasteiger partial charge in [-0.05, 0) is 25.0 Å². The molecule has 5 heteroatoms. The van der Waals surface area contributed by atoms with E-state index in [0.717, 1.165) is 24.8 Å². The van der Waals surface area contributed by atoms with Crippen LogP contribution in [0.25, 0.3) is 0 Å². The minimum atomic E-state index is -0.226. The summed E-state index contributed by atoms with van der Waals surface area (Å²) in [6.45, 7) is 4.68. The number of rotatable bonds is 6. The third-order valence-electron chi connectivity index (χ3n) is 2.79. The number of hydrogen-bond acceptors (Lipinski definition) is 2. The number of methoxy groups -OCH3 is 1. The second kappa shape index (κ2) is 7.89. The van der Waals surface area contributed by atoms with Gasteiger partial charge in [-0.1, -0.05) is 31.4 Å². The van der Waals surface area contributed by atoms with Crippen LogP contribution in [0.15, 0.2) is 12.1 Å². The molecule has 2 amide bonds. The van der Waals surface area contributed by atoms with E-state index in [-0.39, 0.29) is 6.03 Å². The first-order valence-electron chi connectivity index (χ1n) is 6.47. The van der Waals surface area contributed by atoms with Crippen molar-refractivity contribution in [2.24, 2.45) is 0 Å². The molecule has 0 unspecified atom stereocenters. The number of nitrogens with one attached hydrogen (secondary N) is 2. The lowest BCUT2D eigenvalue weighted by Gasteiger charge is -2.13. The van der Waals surface area contributed by atoms with Crippen LogP contribution in [-0.2, 0) is 0 Å². The lowest BCUT2D eigenvalue weighted by molar-refractivity contribution is 0.251. The highest BCUT2D eigenvalue weighted by Crippen LogP contribution is 2.30. The Bertz CT molecular complexity index is 436. The molecule has 0 spiro atoms. The van der Waals surface area contributed by atoms with Crippen LogP contribution in [0.4, 0.5) is 10.5 Å². The Morgan fingerprint density at radius 1 is 1.37 bits per heavy atom. The third kappa shape index (κ3) is 4.99. The summed E-state index contributed by atoms with van der Waals surface area (Å²) in [6.07, 6.45) is 3.23. The standard InChI is InChI=1S/C14H21ClN2O2/c1-4-5-6-7-16-14(18)17-12-8-10(2)11(15)9-13(12)19-3/h8-9H,4-7H2,1-3H3,(H2,16,17,18). The monoisotopic (exact) mass is 284 g/mol. The molecule has 1 aromatic carbocycles. The molecule has 0 aliphatic rings. The largest absolute Gasteiger partial charge is 0.495 e. The average Bonchev–Trinajstić information content (AvgIpc) is 2.38.